The standard InChI is InChI=1S/C12H14Cl2O3/c1-7(15)9(12(16)17-2)5-8-3-4-10(13)11(14)6-8/h3-4,6-7,9,15H,5H2,1-2H3/t7-,9-/m1/s1. The summed E-state index contributed by atoms with van der Waals surface area (Å²) >= 11 is 11.7. The molecule has 0 bridgehead atoms. The summed E-state index contributed by atoms with van der Waals surface area (Å²) in [6, 6.07) is 5.12. The summed E-state index contributed by atoms with van der Waals surface area (Å²) in [4.78, 5) is 11.5. The van der Waals surface area contributed by atoms with Crippen molar-refractivity contribution in [2.45, 2.75) is 19.4 Å². The Balaban J connectivity index is 2.86. The van der Waals surface area contributed by atoms with Crippen molar-refractivity contribution in [1.29, 1.82) is 0 Å². The Kier molecular flexibility index (Phi) is 5.25. The number of hydrogen-bond acceptors (Lipinski definition) is 3. The molecule has 1 aromatic rings. The monoisotopic (exact) mass is 276 g/mol. The van der Waals surface area contributed by atoms with Crippen LogP contribution in [0.2, 0.25) is 10.0 Å². The van der Waals surface area contributed by atoms with Gasteiger partial charge < -0.3 is 9.84 Å². The van der Waals surface area contributed by atoms with Gasteiger partial charge in [-0.05, 0) is 31.0 Å². The first-order chi connectivity index (χ1) is 7.95. The minimum absolute atomic E-state index is 0.362. The quantitative estimate of drug-likeness (QED) is 0.861. The molecule has 1 N–H and O–H groups in total. The number of aliphatic hydroxyl groups excluding tert-OH is 1. The summed E-state index contributed by atoms with van der Waals surface area (Å²) < 4.78 is 4.64. The van der Waals surface area contributed by atoms with E-state index in [1.807, 2.05) is 0 Å². The lowest BCUT2D eigenvalue weighted by molar-refractivity contribution is -0.148. The minimum Gasteiger partial charge on any atom is -0.469 e. The predicted molar refractivity (Wildman–Crippen MR) is 67.4 cm³/mol. The number of aliphatic hydroxyl groups is 1. The van der Waals surface area contributed by atoms with Crippen molar-refractivity contribution in [3.8, 4) is 0 Å². The van der Waals surface area contributed by atoms with Crippen LogP contribution in [0, 0.1) is 5.92 Å². The summed E-state index contributed by atoms with van der Waals surface area (Å²) in [5, 5.41) is 10.4. The average molecular weight is 277 g/mol. The highest BCUT2D eigenvalue weighted by Crippen LogP contribution is 2.24. The lowest BCUT2D eigenvalue weighted by atomic mass is 9.95. The zero-order chi connectivity index (χ0) is 13.0. The second-order valence-electron chi connectivity index (χ2n) is 3.82. The third kappa shape index (κ3) is 3.87. The molecule has 0 spiro atoms. The molecule has 0 aliphatic rings. The fourth-order valence-electron chi connectivity index (χ4n) is 1.52. The molecular formula is C12H14Cl2O3. The molecule has 0 aliphatic heterocycles. The smallest absolute Gasteiger partial charge is 0.311 e. The third-order valence-corrected chi connectivity index (χ3v) is 3.26. The van der Waals surface area contributed by atoms with Crippen LogP contribution in [0.1, 0.15) is 12.5 Å². The van der Waals surface area contributed by atoms with E-state index in [0.717, 1.165) is 5.56 Å². The molecule has 0 aromatic heterocycles. The van der Waals surface area contributed by atoms with E-state index in [1.54, 1.807) is 25.1 Å². The molecule has 2 atom stereocenters. The van der Waals surface area contributed by atoms with Crippen LogP contribution >= 0.6 is 23.2 Å². The van der Waals surface area contributed by atoms with Gasteiger partial charge >= 0.3 is 5.97 Å². The molecule has 0 unspecified atom stereocenters. The number of esters is 1. The second kappa shape index (κ2) is 6.24. The molecule has 17 heavy (non-hydrogen) atoms. The molecule has 0 saturated carbocycles. The van der Waals surface area contributed by atoms with E-state index in [4.69, 9.17) is 23.2 Å². The maximum absolute atomic E-state index is 11.5. The van der Waals surface area contributed by atoms with Crippen LogP contribution in [0.4, 0.5) is 0 Å². The highest BCUT2D eigenvalue weighted by molar-refractivity contribution is 6.42. The van der Waals surface area contributed by atoms with E-state index in [1.165, 1.54) is 7.11 Å². The van der Waals surface area contributed by atoms with Gasteiger partial charge in [-0.3, -0.25) is 4.79 Å². The van der Waals surface area contributed by atoms with Crippen LogP contribution in [0.5, 0.6) is 0 Å². The van der Waals surface area contributed by atoms with Crippen molar-refractivity contribution in [1.82, 2.24) is 0 Å². The third-order valence-electron chi connectivity index (χ3n) is 2.53. The van der Waals surface area contributed by atoms with E-state index in [0.29, 0.717) is 16.5 Å². The summed E-state index contributed by atoms with van der Waals surface area (Å²) in [6.45, 7) is 1.55. The topological polar surface area (TPSA) is 46.5 Å². The first-order valence-electron chi connectivity index (χ1n) is 5.15. The number of halogens is 2. The van der Waals surface area contributed by atoms with Gasteiger partial charge in [-0.25, -0.2) is 0 Å². The number of carbonyl (C=O) groups excluding carboxylic acids is 1. The van der Waals surface area contributed by atoms with Gasteiger partial charge in [0.2, 0.25) is 0 Å². The van der Waals surface area contributed by atoms with E-state index in [9.17, 15) is 9.90 Å². The molecule has 3 nitrogen and oxygen atoms in total. The van der Waals surface area contributed by atoms with Crippen molar-refractivity contribution in [3.63, 3.8) is 0 Å². The lowest BCUT2D eigenvalue weighted by Gasteiger charge is -2.17. The fourth-order valence-corrected chi connectivity index (χ4v) is 1.84. The first-order valence-corrected chi connectivity index (χ1v) is 5.91. The van der Waals surface area contributed by atoms with Crippen LogP contribution in [0.15, 0.2) is 18.2 Å². The minimum atomic E-state index is -0.781. The van der Waals surface area contributed by atoms with Gasteiger partial charge in [0.05, 0.1) is 29.2 Å². The zero-order valence-corrected chi connectivity index (χ0v) is 11.1. The van der Waals surface area contributed by atoms with Crippen LogP contribution in [0.3, 0.4) is 0 Å². The molecule has 0 radical (unpaired) electrons. The highest BCUT2D eigenvalue weighted by atomic mass is 35.5. The van der Waals surface area contributed by atoms with Gasteiger partial charge in [0.15, 0.2) is 0 Å². The highest BCUT2D eigenvalue weighted by Gasteiger charge is 2.24. The van der Waals surface area contributed by atoms with E-state index < -0.39 is 18.0 Å². The molecule has 0 fully saturated rings. The fraction of sp³-hybridized carbons (Fsp3) is 0.417. The van der Waals surface area contributed by atoms with Gasteiger partial charge in [0.25, 0.3) is 0 Å². The molecule has 94 valence electrons. The second-order valence-corrected chi connectivity index (χ2v) is 4.64. The Labute approximate surface area is 110 Å². The molecular weight excluding hydrogens is 263 g/mol. The largest absolute Gasteiger partial charge is 0.469 e. The molecule has 1 aromatic carbocycles. The van der Waals surface area contributed by atoms with Crippen LogP contribution in [-0.2, 0) is 16.0 Å². The Morgan fingerprint density at radius 3 is 2.53 bits per heavy atom. The predicted octanol–water partition coefficient (Wildman–Crippen LogP) is 2.71. The van der Waals surface area contributed by atoms with Crippen LogP contribution < -0.4 is 0 Å². The maximum Gasteiger partial charge on any atom is 0.311 e. The van der Waals surface area contributed by atoms with Gasteiger partial charge in [-0.2, -0.15) is 0 Å². The SMILES string of the molecule is COC(=O)[C@H](Cc1ccc(Cl)c(Cl)c1)[C@@H](C)O. The molecule has 0 heterocycles. The maximum atomic E-state index is 11.5. The van der Waals surface area contributed by atoms with Gasteiger partial charge in [0, 0.05) is 0 Å². The number of carbonyl (C=O) groups is 1. The van der Waals surface area contributed by atoms with Crippen molar-refractivity contribution >= 4 is 29.2 Å². The molecule has 1 rings (SSSR count). The van der Waals surface area contributed by atoms with E-state index in [2.05, 4.69) is 4.74 Å². The van der Waals surface area contributed by atoms with Gasteiger partial charge in [0.1, 0.15) is 0 Å². The summed E-state index contributed by atoms with van der Waals surface area (Å²) in [5.74, 6) is -1.04. The van der Waals surface area contributed by atoms with Crippen LogP contribution in [-0.4, -0.2) is 24.3 Å². The average Bonchev–Trinajstić information content (AvgIpc) is 2.29. The van der Waals surface area contributed by atoms with Crippen molar-refractivity contribution < 1.29 is 14.6 Å². The zero-order valence-electron chi connectivity index (χ0n) is 9.61. The number of hydrogen-bond donors (Lipinski definition) is 1. The number of benzene rings is 1. The Morgan fingerprint density at radius 1 is 1.41 bits per heavy atom. The van der Waals surface area contributed by atoms with Gasteiger partial charge in [-0.15, -0.1) is 0 Å². The van der Waals surface area contributed by atoms with E-state index in [-0.39, 0.29) is 0 Å². The summed E-state index contributed by atoms with van der Waals surface area (Å²) in [7, 11) is 1.30. The summed E-state index contributed by atoms with van der Waals surface area (Å²) in [6.07, 6.45) is -0.418. The summed E-state index contributed by atoms with van der Waals surface area (Å²) in [5.41, 5.74) is 0.829. The number of rotatable bonds is 4. The lowest BCUT2D eigenvalue weighted by Crippen LogP contribution is -2.29. The Bertz CT molecular complexity index is 405. The van der Waals surface area contributed by atoms with E-state index >= 15 is 0 Å². The first kappa shape index (κ1) is 14.3. The normalized spacial score (nSPS) is 14.2. The number of methoxy groups -OCH3 is 1. The van der Waals surface area contributed by atoms with Crippen molar-refractivity contribution in [3.05, 3.63) is 33.8 Å². The Hall–Kier alpha value is -0.770. The van der Waals surface area contributed by atoms with Crippen molar-refractivity contribution in [2.75, 3.05) is 7.11 Å². The molecule has 0 aliphatic carbocycles. The van der Waals surface area contributed by atoms with Crippen LogP contribution in [0.25, 0.3) is 0 Å². The Morgan fingerprint density at radius 2 is 2.06 bits per heavy atom. The number of ether oxygens (including phenoxy) is 1. The van der Waals surface area contributed by atoms with Crippen molar-refractivity contribution in [2.24, 2.45) is 5.92 Å². The molecule has 5 heteroatoms. The molecule has 0 saturated heterocycles. The molecule has 0 amide bonds. The van der Waals surface area contributed by atoms with Gasteiger partial charge in [-0.1, -0.05) is 29.3 Å².